The molecule has 1 atom stereocenters. The second-order valence-corrected chi connectivity index (χ2v) is 4.67. The molecule has 0 aliphatic rings. The number of hydrogen-bond donors (Lipinski definition) is 0. The number of hydrogen-bond acceptors (Lipinski definition) is 4. The fourth-order valence-electron chi connectivity index (χ4n) is 1.75. The van der Waals surface area contributed by atoms with Gasteiger partial charge in [-0.15, -0.1) is 0 Å². The first kappa shape index (κ1) is 14.9. The molecule has 0 aliphatic carbocycles. The van der Waals surface area contributed by atoms with E-state index in [1.165, 1.54) is 12.7 Å². The van der Waals surface area contributed by atoms with Crippen molar-refractivity contribution in [3.8, 4) is 17.2 Å². The third kappa shape index (κ3) is 4.24. The fraction of sp³-hybridized carbons (Fsp3) is 0.235. The minimum absolute atomic E-state index is 0.407. The van der Waals surface area contributed by atoms with Crippen LogP contribution in [0.15, 0.2) is 48.5 Å². The van der Waals surface area contributed by atoms with Crippen LogP contribution in [0.5, 0.6) is 17.2 Å². The minimum atomic E-state index is -0.640. The van der Waals surface area contributed by atoms with Gasteiger partial charge in [0.2, 0.25) is 0 Å². The van der Waals surface area contributed by atoms with Crippen molar-refractivity contribution in [2.45, 2.75) is 20.0 Å². The van der Waals surface area contributed by atoms with E-state index < -0.39 is 12.1 Å². The molecule has 2 aromatic carbocycles. The zero-order valence-electron chi connectivity index (χ0n) is 12.3. The Morgan fingerprint density at radius 2 is 1.38 bits per heavy atom. The van der Waals surface area contributed by atoms with E-state index in [0.29, 0.717) is 11.5 Å². The molecule has 0 radical (unpaired) electrons. The van der Waals surface area contributed by atoms with E-state index in [4.69, 9.17) is 9.47 Å². The lowest BCUT2D eigenvalue weighted by molar-refractivity contribution is -0.147. The molecule has 0 heterocycles. The van der Waals surface area contributed by atoms with Crippen LogP contribution in [-0.4, -0.2) is 19.2 Å². The summed E-state index contributed by atoms with van der Waals surface area (Å²) in [5.74, 6) is 1.66. The van der Waals surface area contributed by atoms with Crippen molar-refractivity contribution in [3.63, 3.8) is 0 Å². The third-order valence-electron chi connectivity index (χ3n) is 2.93. The molecule has 0 saturated carbocycles. The molecule has 0 saturated heterocycles. The standard InChI is InChI=1S/C17H18O4/c1-12-4-6-15(7-5-12)21-16-10-8-14(9-11-16)20-13(2)17(18)19-3/h4-11,13H,1-3H3. The topological polar surface area (TPSA) is 44.8 Å². The summed E-state index contributed by atoms with van der Waals surface area (Å²) in [6, 6.07) is 14.9. The van der Waals surface area contributed by atoms with Crippen LogP contribution in [0.2, 0.25) is 0 Å². The Balaban J connectivity index is 1.98. The maximum atomic E-state index is 11.3. The van der Waals surface area contributed by atoms with Gasteiger partial charge in [0.25, 0.3) is 0 Å². The lowest BCUT2D eigenvalue weighted by Gasteiger charge is -2.13. The highest BCUT2D eigenvalue weighted by Gasteiger charge is 2.14. The summed E-state index contributed by atoms with van der Waals surface area (Å²) in [4.78, 5) is 11.3. The lowest BCUT2D eigenvalue weighted by atomic mass is 10.2. The van der Waals surface area contributed by atoms with Gasteiger partial charge in [-0.3, -0.25) is 0 Å². The van der Waals surface area contributed by atoms with E-state index in [1.807, 2.05) is 31.2 Å². The largest absolute Gasteiger partial charge is 0.479 e. The summed E-state index contributed by atoms with van der Waals surface area (Å²) in [5.41, 5.74) is 1.18. The van der Waals surface area contributed by atoms with Crippen LogP contribution in [0, 0.1) is 6.92 Å². The maximum Gasteiger partial charge on any atom is 0.346 e. The first-order chi connectivity index (χ1) is 10.1. The van der Waals surface area contributed by atoms with Crippen molar-refractivity contribution < 1.29 is 19.0 Å². The predicted octanol–water partition coefficient (Wildman–Crippen LogP) is 3.73. The number of methoxy groups -OCH3 is 1. The van der Waals surface area contributed by atoms with Crippen molar-refractivity contribution in [3.05, 3.63) is 54.1 Å². The van der Waals surface area contributed by atoms with Crippen LogP contribution in [0.4, 0.5) is 0 Å². The Kier molecular flexibility index (Phi) is 4.82. The molecule has 1 unspecified atom stereocenters. The Morgan fingerprint density at radius 3 is 1.90 bits per heavy atom. The van der Waals surface area contributed by atoms with Crippen molar-refractivity contribution in [2.75, 3.05) is 7.11 Å². The van der Waals surface area contributed by atoms with Crippen molar-refractivity contribution in [1.82, 2.24) is 0 Å². The first-order valence-electron chi connectivity index (χ1n) is 6.67. The molecular formula is C17H18O4. The van der Waals surface area contributed by atoms with Gasteiger partial charge in [-0.2, -0.15) is 0 Å². The second-order valence-electron chi connectivity index (χ2n) is 4.67. The highest BCUT2D eigenvalue weighted by Crippen LogP contribution is 2.24. The van der Waals surface area contributed by atoms with Gasteiger partial charge in [-0.25, -0.2) is 4.79 Å². The van der Waals surface area contributed by atoms with Crippen LogP contribution in [0.3, 0.4) is 0 Å². The van der Waals surface area contributed by atoms with Crippen LogP contribution >= 0.6 is 0 Å². The SMILES string of the molecule is COC(=O)C(C)Oc1ccc(Oc2ccc(C)cc2)cc1. The predicted molar refractivity (Wildman–Crippen MR) is 79.8 cm³/mol. The van der Waals surface area contributed by atoms with Crippen molar-refractivity contribution >= 4 is 5.97 Å². The van der Waals surface area contributed by atoms with E-state index in [0.717, 1.165) is 5.75 Å². The Morgan fingerprint density at radius 1 is 0.905 bits per heavy atom. The molecule has 0 bridgehead atoms. The van der Waals surface area contributed by atoms with Gasteiger partial charge in [-0.1, -0.05) is 17.7 Å². The van der Waals surface area contributed by atoms with Crippen LogP contribution in [-0.2, 0) is 9.53 Å². The number of aryl methyl sites for hydroxylation is 1. The smallest absolute Gasteiger partial charge is 0.346 e. The molecule has 2 aromatic rings. The molecule has 0 aromatic heterocycles. The quantitative estimate of drug-likeness (QED) is 0.786. The summed E-state index contributed by atoms with van der Waals surface area (Å²) < 4.78 is 15.8. The fourth-order valence-corrected chi connectivity index (χ4v) is 1.75. The van der Waals surface area contributed by atoms with Gasteiger partial charge >= 0.3 is 5.97 Å². The molecule has 0 N–H and O–H groups in total. The lowest BCUT2D eigenvalue weighted by Crippen LogP contribution is -2.24. The molecule has 2 rings (SSSR count). The molecule has 0 amide bonds. The Labute approximate surface area is 124 Å². The van der Waals surface area contributed by atoms with Crippen LogP contribution in [0.25, 0.3) is 0 Å². The minimum Gasteiger partial charge on any atom is -0.479 e. The zero-order chi connectivity index (χ0) is 15.2. The van der Waals surface area contributed by atoms with E-state index >= 15 is 0 Å². The summed E-state index contributed by atoms with van der Waals surface area (Å²) in [6.45, 7) is 3.67. The maximum absolute atomic E-state index is 11.3. The van der Waals surface area contributed by atoms with Gasteiger partial charge in [-0.05, 0) is 50.2 Å². The van der Waals surface area contributed by atoms with E-state index in [-0.39, 0.29) is 0 Å². The average Bonchev–Trinajstić information content (AvgIpc) is 2.50. The van der Waals surface area contributed by atoms with Gasteiger partial charge in [0, 0.05) is 0 Å². The average molecular weight is 286 g/mol. The highest BCUT2D eigenvalue weighted by atomic mass is 16.6. The molecule has 0 aliphatic heterocycles. The number of benzene rings is 2. The molecule has 0 fully saturated rings. The molecular weight excluding hydrogens is 268 g/mol. The number of rotatable bonds is 5. The van der Waals surface area contributed by atoms with Crippen molar-refractivity contribution in [1.29, 1.82) is 0 Å². The summed E-state index contributed by atoms with van der Waals surface area (Å²) in [6.07, 6.45) is -0.640. The molecule has 4 nitrogen and oxygen atoms in total. The Bertz CT molecular complexity index is 587. The van der Waals surface area contributed by atoms with Gasteiger partial charge in [0.05, 0.1) is 7.11 Å². The molecule has 21 heavy (non-hydrogen) atoms. The number of esters is 1. The first-order valence-corrected chi connectivity index (χ1v) is 6.67. The number of ether oxygens (including phenoxy) is 3. The summed E-state index contributed by atoms with van der Waals surface area (Å²) in [7, 11) is 1.33. The monoisotopic (exact) mass is 286 g/mol. The normalized spacial score (nSPS) is 11.6. The van der Waals surface area contributed by atoms with E-state index in [9.17, 15) is 4.79 Å². The van der Waals surface area contributed by atoms with Gasteiger partial charge in [0.1, 0.15) is 17.2 Å². The third-order valence-corrected chi connectivity index (χ3v) is 2.93. The Hall–Kier alpha value is -2.49. The van der Waals surface area contributed by atoms with Crippen LogP contribution in [0.1, 0.15) is 12.5 Å². The molecule has 0 spiro atoms. The molecule has 4 heteroatoms. The second kappa shape index (κ2) is 6.79. The number of carbonyl (C=O) groups excluding carboxylic acids is 1. The zero-order valence-corrected chi connectivity index (χ0v) is 12.3. The summed E-state index contributed by atoms with van der Waals surface area (Å²) in [5, 5.41) is 0. The highest BCUT2D eigenvalue weighted by molar-refractivity contribution is 5.74. The van der Waals surface area contributed by atoms with Gasteiger partial charge in [0.15, 0.2) is 6.10 Å². The van der Waals surface area contributed by atoms with E-state index in [1.54, 1.807) is 31.2 Å². The van der Waals surface area contributed by atoms with Crippen LogP contribution < -0.4 is 9.47 Å². The van der Waals surface area contributed by atoms with Gasteiger partial charge < -0.3 is 14.2 Å². The van der Waals surface area contributed by atoms with Crippen molar-refractivity contribution in [2.24, 2.45) is 0 Å². The van der Waals surface area contributed by atoms with E-state index in [2.05, 4.69) is 4.74 Å². The molecule has 110 valence electrons. The summed E-state index contributed by atoms with van der Waals surface area (Å²) >= 11 is 0. The number of carbonyl (C=O) groups is 1.